The Morgan fingerprint density at radius 1 is 1.28 bits per heavy atom. The van der Waals surface area contributed by atoms with E-state index in [1.54, 1.807) is 23.2 Å². The Kier molecular flexibility index (Phi) is 5.92. The van der Waals surface area contributed by atoms with Crippen molar-refractivity contribution in [2.45, 2.75) is 37.6 Å². The monoisotopic (exact) mass is 498 g/mol. The number of aromatic nitrogens is 6. The Hall–Kier alpha value is -3.38. The average Bonchev–Trinajstić information content (AvgIpc) is 3.47. The maximum atomic E-state index is 15.0. The van der Waals surface area contributed by atoms with E-state index in [0.29, 0.717) is 55.1 Å². The van der Waals surface area contributed by atoms with E-state index in [4.69, 9.17) is 9.47 Å². The van der Waals surface area contributed by atoms with Crippen LogP contribution in [0.2, 0.25) is 0 Å². The van der Waals surface area contributed by atoms with Gasteiger partial charge in [-0.15, -0.1) is 10.2 Å². The molecule has 0 radical (unpaired) electrons. The van der Waals surface area contributed by atoms with Gasteiger partial charge in [0.05, 0.1) is 44.0 Å². The number of halogens is 2. The van der Waals surface area contributed by atoms with E-state index in [1.165, 1.54) is 0 Å². The number of fused-ring (bicyclic) bond motifs is 2. The number of methoxy groups -OCH3 is 1. The van der Waals surface area contributed by atoms with Gasteiger partial charge in [0, 0.05) is 24.8 Å². The first kappa shape index (κ1) is 23.0. The quantitative estimate of drug-likeness (QED) is 0.416. The summed E-state index contributed by atoms with van der Waals surface area (Å²) in [6, 6.07) is 7.15. The second-order valence-corrected chi connectivity index (χ2v) is 9.45. The topological polar surface area (TPSA) is 94.6 Å². The van der Waals surface area contributed by atoms with Crippen molar-refractivity contribution in [3.63, 3.8) is 0 Å². The van der Waals surface area contributed by atoms with Gasteiger partial charge in [0.1, 0.15) is 23.9 Å². The first-order chi connectivity index (χ1) is 17.6. The van der Waals surface area contributed by atoms with Crippen LogP contribution in [0.3, 0.4) is 0 Å². The van der Waals surface area contributed by atoms with Gasteiger partial charge in [-0.1, -0.05) is 11.3 Å². The summed E-state index contributed by atoms with van der Waals surface area (Å²) in [6.45, 7) is 3.75. The maximum absolute atomic E-state index is 15.0. The molecule has 1 N–H and O–H groups in total. The highest BCUT2D eigenvalue weighted by Gasteiger charge is 2.35. The number of anilines is 1. The Labute approximate surface area is 206 Å². The van der Waals surface area contributed by atoms with Crippen molar-refractivity contribution in [3.8, 4) is 17.0 Å². The number of nitrogens with one attached hydrogen (secondary N) is 1. The van der Waals surface area contributed by atoms with E-state index in [9.17, 15) is 8.78 Å². The SMILES string of the molecule is COc1nc(N[C@@H]2CCN(C3COC3)C[C@H]2F)nn2ccc(-c3ccc4nnn([C@H](C)CF)c4c3)c12. The Morgan fingerprint density at radius 3 is 2.86 bits per heavy atom. The van der Waals surface area contributed by atoms with Crippen LogP contribution in [-0.4, -0.2) is 92.8 Å². The van der Waals surface area contributed by atoms with E-state index in [1.807, 2.05) is 30.5 Å². The lowest BCUT2D eigenvalue weighted by Gasteiger charge is -2.42. The molecular weight excluding hydrogens is 470 g/mol. The van der Waals surface area contributed by atoms with E-state index in [2.05, 4.69) is 30.6 Å². The molecule has 0 spiro atoms. The third kappa shape index (κ3) is 3.94. The summed E-state index contributed by atoms with van der Waals surface area (Å²) in [5, 5.41) is 16.0. The number of likely N-dealkylation sites (tertiary alicyclic amines) is 1. The van der Waals surface area contributed by atoms with Crippen molar-refractivity contribution in [1.82, 2.24) is 34.5 Å². The van der Waals surface area contributed by atoms with Crippen LogP contribution < -0.4 is 10.1 Å². The van der Waals surface area contributed by atoms with E-state index >= 15 is 0 Å². The molecule has 0 amide bonds. The van der Waals surface area contributed by atoms with Crippen LogP contribution >= 0.6 is 0 Å². The number of ether oxygens (including phenoxy) is 2. The van der Waals surface area contributed by atoms with Gasteiger partial charge in [-0.05, 0) is 37.1 Å². The molecule has 2 aliphatic rings. The van der Waals surface area contributed by atoms with Crippen LogP contribution in [0.5, 0.6) is 5.88 Å². The molecule has 2 fully saturated rings. The van der Waals surface area contributed by atoms with Crippen molar-refractivity contribution in [2.75, 3.05) is 45.4 Å². The minimum Gasteiger partial charge on any atom is -0.479 e. The number of rotatable bonds is 7. The summed E-state index contributed by atoms with van der Waals surface area (Å²) >= 11 is 0. The predicted octanol–water partition coefficient (Wildman–Crippen LogP) is 2.90. The van der Waals surface area contributed by atoms with Crippen LogP contribution in [0.15, 0.2) is 30.5 Å². The first-order valence-corrected chi connectivity index (χ1v) is 12.1. The highest BCUT2D eigenvalue weighted by atomic mass is 19.1. The van der Waals surface area contributed by atoms with Crippen molar-refractivity contribution < 1.29 is 18.3 Å². The van der Waals surface area contributed by atoms with Gasteiger partial charge in [-0.2, -0.15) is 4.98 Å². The minimum absolute atomic E-state index is 0.309. The van der Waals surface area contributed by atoms with Crippen molar-refractivity contribution in [2.24, 2.45) is 0 Å². The molecule has 0 aliphatic carbocycles. The fourth-order valence-corrected chi connectivity index (χ4v) is 4.95. The third-order valence-corrected chi connectivity index (χ3v) is 7.12. The van der Waals surface area contributed by atoms with Crippen molar-refractivity contribution in [3.05, 3.63) is 30.5 Å². The standard InChI is InChI=1S/C24H28F2N8O2/c1-14(10-25)34-21-9-15(3-4-20(21)29-31-34)17-5-8-33-22(17)23(35-2)28-24(30-33)27-19-6-7-32(11-18(19)26)16-12-36-13-16/h3-5,8-9,14,16,18-19H,6-7,10-13H2,1-2H3,(H,27,30)/t14-,18-,19-/m1/s1. The molecule has 2 aliphatic heterocycles. The Bertz CT molecular complexity index is 1390. The van der Waals surface area contributed by atoms with E-state index < -0.39 is 18.9 Å². The van der Waals surface area contributed by atoms with Gasteiger partial charge in [0.2, 0.25) is 11.8 Å². The van der Waals surface area contributed by atoms with Crippen LogP contribution in [0.25, 0.3) is 27.7 Å². The smallest absolute Gasteiger partial charge is 0.244 e. The van der Waals surface area contributed by atoms with Gasteiger partial charge in [-0.3, -0.25) is 4.90 Å². The molecule has 4 aromatic rings. The fraction of sp³-hybridized carbons (Fsp3) is 0.500. The van der Waals surface area contributed by atoms with Crippen LogP contribution in [0.1, 0.15) is 19.4 Å². The fourth-order valence-electron chi connectivity index (χ4n) is 4.95. The number of hydrogen-bond donors (Lipinski definition) is 1. The molecule has 6 rings (SSSR count). The Balaban J connectivity index is 1.29. The van der Waals surface area contributed by atoms with Gasteiger partial charge in [0.15, 0.2) is 0 Å². The van der Waals surface area contributed by atoms with Gasteiger partial charge in [0.25, 0.3) is 0 Å². The number of piperidine rings is 1. The first-order valence-electron chi connectivity index (χ1n) is 12.1. The lowest BCUT2D eigenvalue weighted by Crippen LogP contribution is -2.57. The molecule has 0 saturated carbocycles. The zero-order chi connectivity index (χ0) is 24.8. The molecule has 190 valence electrons. The number of benzene rings is 1. The van der Waals surface area contributed by atoms with Gasteiger partial charge >= 0.3 is 0 Å². The average molecular weight is 499 g/mol. The molecule has 0 bridgehead atoms. The van der Waals surface area contributed by atoms with Crippen molar-refractivity contribution >= 4 is 22.5 Å². The molecule has 0 unspecified atom stereocenters. The summed E-state index contributed by atoms with van der Waals surface area (Å²) in [5.41, 5.74) is 3.83. The molecule has 12 heteroatoms. The van der Waals surface area contributed by atoms with Crippen LogP contribution in [-0.2, 0) is 4.74 Å². The molecular formula is C24H28F2N8O2. The number of hydrogen-bond acceptors (Lipinski definition) is 8. The summed E-state index contributed by atoms with van der Waals surface area (Å²) < 4.78 is 42.4. The second kappa shape index (κ2) is 9.25. The number of nitrogens with zero attached hydrogens (tertiary/aromatic N) is 7. The van der Waals surface area contributed by atoms with E-state index in [-0.39, 0.29) is 6.04 Å². The lowest BCUT2D eigenvalue weighted by atomic mass is 10.0. The summed E-state index contributed by atoms with van der Waals surface area (Å²) in [6.07, 6.45) is 1.43. The zero-order valence-electron chi connectivity index (χ0n) is 20.1. The van der Waals surface area contributed by atoms with Crippen LogP contribution in [0.4, 0.5) is 14.7 Å². The van der Waals surface area contributed by atoms with E-state index in [0.717, 1.165) is 23.2 Å². The highest BCUT2D eigenvalue weighted by Crippen LogP contribution is 2.33. The highest BCUT2D eigenvalue weighted by molar-refractivity contribution is 5.89. The van der Waals surface area contributed by atoms with Gasteiger partial charge in [-0.25, -0.2) is 18.0 Å². The second-order valence-electron chi connectivity index (χ2n) is 9.45. The Morgan fingerprint density at radius 2 is 2.14 bits per heavy atom. The maximum Gasteiger partial charge on any atom is 0.244 e. The third-order valence-electron chi connectivity index (χ3n) is 7.12. The van der Waals surface area contributed by atoms with Crippen molar-refractivity contribution in [1.29, 1.82) is 0 Å². The molecule has 3 aromatic heterocycles. The van der Waals surface area contributed by atoms with Crippen LogP contribution in [0, 0.1) is 0 Å². The molecule has 2 saturated heterocycles. The number of alkyl halides is 2. The molecule has 1 aromatic carbocycles. The van der Waals surface area contributed by atoms with Gasteiger partial charge < -0.3 is 14.8 Å². The molecule has 3 atom stereocenters. The largest absolute Gasteiger partial charge is 0.479 e. The minimum atomic E-state index is -1.04. The normalized spacial score (nSPS) is 22.1. The molecule has 10 nitrogen and oxygen atoms in total. The summed E-state index contributed by atoms with van der Waals surface area (Å²) in [4.78, 5) is 6.71. The molecule has 36 heavy (non-hydrogen) atoms. The molecule has 5 heterocycles. The lowest BCUT2D eigenvalue weighted by molar-refractivity contribution is -0.0794. The summed E-state index contributed by atoms with van der Waals surface area (Å²) in [5.74, 6) is 0.680. The predicted molar refractivity (Wildman–Crippen MR) is 130 cm³/mol. The zero-order valence-corrected chi connectivity index (χ0v) is 20.1. The summed E-state index contributed by atoms with van der Waals surface area (Å²) in [7, 11) is 1.55.